The first-order chi connectivity index (χ1) is 13.9. The molecule has 0 aromatic carbocycles. The number of rotatable bonds is 6. The second kappa shape index (κ2) is 9.56. The van der Waals surface area contributed by atoms with E-state index in [1.54, 1.807) is 27.6 Å². The topological polar surface area (TPSA) is 93.7 Å². The predicted octanol–water partition coefficient (Wildman–Crippen LogP) is 3.46. The van der Waals surface area contributed by atoms with E-state index < -0.39 is 11.9 Å². The van der Waals surface area contributed by atoms with E-state index >= 15 is 0 Å². The molecule has 3 rings (SSSR count). The number of aryl methyl sites for hydroxylation is 2. The molecule has 0 saturated carbocycles. The molecule has 1 saturated heterocycles. The van der Waals surface area contributed by atoms with Crippen molar-refractivity contribution in [3.8, 4) is 0 Å². The van der Waals surface area contributed by atoms with Crippen molar-refractivity contribution in [3.05, 3.63) is 49.9 Å². The van der Waals surface area contributed by atoms with Crippen LogP contribution in [0.5, 0.6) is 0 Å². The highest BCUT2D eigenvalue weighted by molar-refractivity contribution is 7.14. The zero-order valence-corrected chi connectivity index (χ0v) is 18.5. The molecule has 0 radical (unpaired) electrons. The van der Waals surface area contributed by atoms with Gasteiger partial charge in [0.2, 0.25) is 0 Å². The number of carboxylic acids is 1. The average molecular weight is 433 g/mol. The molecule has 0 spiro atoms. The van der Waals surface area contributed by atoms with E-state index in [0.29, 0.717) is 26.2 Å². The Bertz CT molecular complexity index is 860. The Labute approximate surface area is 179 Å². The van der Waals surface area contributed by atoms with Crippen LogP contribution in [0.1, 0.15) is 27.3 Å². The first-order valence-corrected chi connectivity index (χ1v) is 11.5. The smallest absolute Gasteiger partial charge is 0.309 e. The number of thiophene rings is 2. The molecule has 1 fully saturated rings. The van der Waals surface area contributed by atoms with Gasteiger partial charge in [0.05, 0.1) is 5.92 Å². The maximum Gasteiger partial charge on any atom is 0.309 e. The Morgan fingerprint density at radius 1 is 1.21 bits per heavy atom. The summed E-state index contributed by atoms with van der Waals surface area (Å²) < 4.78 is 0. The number of aliphatic carboxylic acids is 1. The lowest BCUT2D eigenvalue weighted by Gasteiger charge is -2.21. The van der Waals surface area contributed by atoms with Crippen LogP contribution in [0.3, 0.4) is 0 Å². The highest BCUT2D eigenvalue weighted by Gasteiger charge is 2.28. The van der Waals surface area contributed by atoms with Crippen molar-refractivity contribution in [2.45, 2.75) is 20.3 Å². The molecule has 29 heavy (non-hydrogen) atoms. The molecule has 0 aliphatic carbocycles. The molecule has 1 unspecified atom stereocenters. The summed E-state index contributed by atoms with van der Waals surface area (Å²) in [5.74, 6) is -1.42. The standard InChI is InChI=1S/C21H28N4O2S2/c1-14-5-10-28-18(14)17(19-15(2)6-11-29-19)4-3-7-24-8-9-25(21(22)23)13-16(12-24)20(26)27/h4-6,10-11,16H,3,7-9,12-13H2,1-2H3,(H3,22,23)(H,26,27). The third-order valence-corrected chi connectivity index (χ3v) is 7.40. The van der Waals surface area contributed by atoms with Crippen LogP contribution in [0.15, 0.2) is 29.0 Å². The van der Waals surface area contributed by atoms with Crippen LogP contribution < -0.4 is 5.73 Å². The summed E-state index contributed by atoms with van der Waals surface area (Å²) in [6, 6.07) is 4.30. The van der Waals surface area contributed by atoms with Gasteiger partial charge in [0.1, 0.15) is 0 Å². The maximum absolute atomic E-state index is 11.6. The van der Waals surface area contributed by atoms with E-state index in [1.165, 1.54) is 26.5 Å². The Balaban J connectivity index is 1.75. The van der Waals surface area contributed by atoms with Crippen molar-refractivity contribution in [1.29, 1.82) is 5.41 Å². The SMILES string of the molecule is Cc1ccsc1C(=CCCN1CCN(C(=N)N)CC(C(=O)O)C1)c1sccc1C. The van der Waals surface area contributed by atoms with Crippen molar-refractivity contribution in [1.82, 2.24) is 9.80 Å². The number of carboxylic acid groups (broad SMARTS) is 1. The fourth-order valence-electron chi connectivity index (χ4n) is 3.64. The van der Waals surface area contributed by atoms with E-state index in [9.17, 15) is 9.90 Å². The molecule has 8 heteroatoms. The Hall–Kier alpha value is -2.16. The molecule has 0 amide bonds. The van der Waals surface area contributed by atoms with Crippen LogP contribution in [-0.2, 0) is 4.79 Å². The normalized spacial score (nSPS) is 17.7. The van der Waals surface area contributed by atoms with Crippen LogP contribution in [0, 0.1) is 25.2 Å². The number of carbonyl (C=O) groups is 1. The van der Waals surface area contributed by atoms with Crippen molar-refractivity contribution in [2.75, 3.05) is 32.7 Å². The van der Waals surface area contributed by atoms with E-state index in [2.05, 4.69) is 47.7 Å². The van der Waals surface area contributed by atoms with Crippen molar-refractivity contribution in [2.24, 2.45) is 11.7 Å². The number of hydrogen-bond donors (Lipinski definition) is 3. The van der Waals surface area contributed by atoms with Gasteiger partial charge < -0.3 is 20.6 Å². The number of nitrogens with two attached hydrogens (primary N) is 1. The number of nitrogens with zero attached hydrogens (tertiary/aromatic N) is 2. The van der Waals surface area contributed by atoms with Gasteiger partial charge in [-0.3, -0.25) is 10.2 Å². The van der Waals surface area contributed by atoms with Gasteiger partial charge in [-0.15, -0.1) is 22.7 Å². The van der Waals surface area contributed by atoms with Gasteiger partial charge in [0.15, 0.2) is 5.96 Å². The highest BCUT2D eigenvalue weighted by Crippen LogP contribution is 2.35. The van der Waals surface area contributed by atoms with Gasteiger partial charge in [-0.05, 0) is 54.3 Å². The summed E-state index contributed by atoms with van der Waals surface area (Å²) >= 11 is 3.53. The van der Waals surface area contributed by atoms with E-state index in [-0.39, 0.29) is 5.96 Å². The zero-order valence-electron chi connectivity index (χ0n) is 16.9. The molecular formula is C21H28N4O2S2. The largest absolute Gasteiger partial charge is 0.481 e. The van der Waals surface area contributed by atoms with Gasteiger partial charge in [0, 0.05) is 48.1 Å². The second-order valence-corrected chi connectivity index (χ2v) is 9.27. The number of guanidine groups is 1. The van der Waals surface area contributed by atoms with Crippen molar-refractivity contribution >= 4 is 40.2 Å². The Kier molecular flexibility index (Phi) is 7.10. The van der Waals surface area contributed by atoms with Gasteiger partial charge in [-0.2, -0.15) is 0 Å². The van der Waals surface area contributed by atoms with Crippen LogP contribution in [0.2, 0.25) is 0 Å². The zero-order chi connectivity index (χ0) is 21.0. The summed E-state index contributed by atoms with van der Waals surface area (Å²) in [4.78, 5) is 18.1. The van der Waals surface area contributed by atoms with Crippen LogP contribution >= 0.6 is 22.7 Å². The maximum atomic E-state index is 11.6. The van der Waals surface area contributed by atoms with Crippen LogP contribution in [0.25, 0.3) is 5.57 Å². The molecule has 2 aromatic rings. The minimum absolute atomic E-state index is 0.0541. The van der Waals surface area contributed by atoms with Crippen LogP contribution in [-0.4, -0.2) is 59.6 Å². The van der Waals surface area contributed by atoms with E-state index in [1.807, 2.05) is 0 Å². The lowest BCUT2D eigenvalue weighted by molar-refractivity contribution is -0.142. The molecule has 2 aromatic heterocycles. The third kappa shape index (κ3) is 5.26. The lowest BCUT2D eigenvalue weighted by atomic mass is 10.0. The number of hydrogen-bond acceptors (Lipinski definition) is 5. The van der Waals surface area contributed by atoms with Gasteiger partial charge in [-0.25, -0.2) is 0 Å². The fraction of sp³-hybridized carbons (Fsp3) is 0.429. The summed E-state index contributed by atoms with van der Waals surface area (Å²) in [7, 11) is 0. The van der Waals surface area contributed by atoms with Gasteiger partial charge in [0.25, 0.3) is 0 Å². The molecule has 1 atom stereocenters. The summed E-state index contributed by atoms with van der Waals surface area (Å²) in [6.45, 7) is 7.15. The summed E-state index contributed by atoms with van der Waals surface area (Å²) in [6.07, 6.45) is 3.14. The van der Waals surface area contributed by atoms with Gasteiger partial charge >= 0.3 is 5.97 Å². The second-order valence-electron chi connectivity index (χ2n) is 7.44. The molecule has 0 bridgehead atoms. The van der Waals surface area contributed by atoms with E-state index in [0.717, 1.165) is 13.0 Å². The molecule has 3 heterocycles. The van der Waals surface area contributed by atoms with Crippen molar-refractivity contribution < 1.29 is 9.90 Å². The first kappa shape index (κ1) is 21.5. The highest BCUT2D eigenvalue weighted by atomic mass is 32.1. The minimum Gasteiger partial charge on any atom is -0.481 e. The fourth-order valence-corrected chi connectivity index (χ4v) is 5.65. The third-order valence-electron chi connectivity index (χ3n) is 5.30. The molecule has 1 aliphatic heterocycles. The van der Waals surface area contributed by atoms with Gasteiger partial charge in [-0.1, -0.05) is 6.08 Å². The lowest BCUT2D eigenvalue weighted by Crippen LogP contribution is -2.41. The van der Waals surface area contributed by atoms with Crippen LogP contribution in [0.4, 0.5) is 0 Å². The Morgan fingerprint density at radius 2 is 1.83 bits per heavy atom. The van der Waals surface area contributed by atoms with E-state index in [4.69, 9.17) is 11.1 Å². The molecule has 6 nitrogen and oxygen atoms in total. The molecule has 1 aliphatic rings. The minimum atomic E-state index is -0.831. The quantitative estimate of drug-likeness (QED) is 0.480. The predicted molar refractivity (Wildman–Crippen MR) is 121 cm³/mol. The summed E-state index contributed by atoms with van der Waals surface area (Å²) in [5.41, 5.74) is 9.46. The monoisotopic (exact) mass is 432 g/mol. The average Bonchev–Trinajstić information content (AvgIpc) is 3.21. The first-order valence-electron chi connectivity index (χ1n) is 9.70. The molecular weight excluding hydrogens is 404 g/mol. The number of nitrogens with one attached hydrogen (secondary N) is 1. The molecule has 4 N–H and O–H groups in total. The van der Waals surface area contributed by atoms with Crippen molar-refractivity contribution in [3.63, 3.8) is 0 Å². The Morgan fingerprint density at radius 3 is 2.31 bits per heavy atom. The summed E-state index contributed by atoms with van der Waals surface area (Å²) in [5, 5.41) is 21.5. The molecule has 156 valence electrons.